The minimum atomic E-state index is -1.23. The third-order valence-corrected chi connectivity index (χ3v) is 6.15. The molecule has 0 amide bonds. The first-order valence-corrected chi connectivity index (χ1v) is 10.3. The molecule has 1 fully saturated rings. The molecule has 31 heavy (non-hydrogen) atoms. The van der Waals surface area contributed by atoms with Crippen molar-refractivity contribution in [1.29, 1.82) is 0 Å². The average Bonchev–Trinajstić information content (AvgIpc) is 3.42. The number of nitrogens with one attached hydrogen (secondary N) is 1. The molecule has 0 spiro atoms. The molecule has 0 radical (unpaired) electrons. The fourth-order valence-electron chi connectivity index (χ4n) is 4.66. The molecule has 3 aromatic heterocycles. The number of H-pyrrole nitrogens is 1. The van der Waals surface area contributed by atoms with Gasteiger partial charge in [0, 0.05) is 28.2 Å². The van der Waals surface area contributed by atoms with Gasteiger partial charge in [0.05, 0.1) is 23.8 Å². The molecule has 1 saturated heterocycles. The topological polar surface area (TPSA) is 93.0 Å². The van der Waals surface area contributed by atoms with E-state index in [9.17, 15) is 14.3 Å². The number of carbonyl (C=O) groups is 1. The zero-order chi connectivity index (χ0) is 21.9. The molecule has 0 bridgehead atoms. The van der Waals surface area contributed by atoms with Gasteiger partial charge < -0.3 is 14.4 Å². The molecule has 8 heteroatoms. The van der Waals surface area contributed by atoms with Crippen LogP contribution < -0.4 is 0 Å². The molecule has 2 N–H and O–H groups in total. The molecule has 0 unspecified atom stereocenters. The van der Waals surface area contributed by atoms with Crippen molar-refractivity contribution < 1.29 is 19.0 Å². The Morgan fingerprint density at radius 2 is 2.10 bits per heavy atom. The number of aliphatic carboxylic acids is 1. The van der Waals surface area contributed by atoms with E-state index in [1.165, 1.54) is 12.1 Å². The Labute approximate surface area is 177 Å². The standard InChI is InChI=1S/C23H23FN4O3/c1-12(2)20-18(14-9-23(3,22(29)30)31-11-14)19-17(8-13-10-25-27-21(13)26-19)28(20)16-6-4-15(24)5-7-16/h4-8,10,12,14H,9,11H2,1-3H3,(H,29,30)(H,25,26,27)/t14-,23+/m1/s1. The number of halogens is 1. The normalized spacial score (nSPS) is 21.5. The summed E-state index contributed by atoms with van der Waals surface area (Å²) in [5.74, 6) is -1.28. The molecular formula is C23H23FN4O3. The number of pyridine rings is 1. The maximum absolute atomic E-state index is 13.6. The number of carboxylic acid groups (broad SMARTS) is 1. The van der Waals surface area contributed by atoms with Gasteiger partial charge in [-0.3, -0.25) is 5.10 Å². The van der Waals surface area contributed by atoms with E-state index >= 15 is 0 Å². The van der Waals surface area contributed by atoms with E-state index in [0.717, 1.165) is 33.4 Å². The van der Waals surface area contributed by atoms with E-state index in [4.69, 9.17) is 9.72 Å². The van der Waals surface area contributed by atoms with Crippen LogP contribution in [0.15, 0.2) is 36.5 Å². The molecule has 4 heterocycles. The van der Waals surface area contributed by atoms with Crippen LogP contribution in [0.3, 0.4) is 0 Å². The van der Waals surface area contributed by atoms with E-state index in [1.54, 1.807) is 25.3 Å². The molecule has 1 aliphatic rings. The van der Waals surface area contributed by atoms with Crippen molar-refractivity contribution in [2.45, 2.75) is 44.6 Å². The summed E-state index contributed by atoms with van der Waals surface area (Å²) in [5.41, 5.74) is 3.93. The van der Waals surface area contributed by atoms with Crippen LogP contribution in [0.2, 0.25) is 0 Å². The zero-order valence-corrected chi connectivity index (χ0v) is 17.5. The summed E-state index contributed by atoms with van der Waals surface area (Å²) in [7, 11) is 0. The highest BCUT2D eigenvalue weighted by molar-refractivity contribution is 5.94. The Hall–Kier alpha value is -3.26. The van der Waals surface area contributed by atoms with Crippen molar-refractivity contribution >= 4 is 28.0 Å². The number of ether oxygens (including phenoxy) is 1. The number of aromatic amines is 1. The zero-order valence-electron chi connectivity index (χ0n) is 17.5. The summed E-state index contributed by atoms with van der Waals surface area (Å²) in [6.45, 7) is 6.10. The fourth-order valence-corrected chi connectivity index (χ4v) is 4.66. The van der Waals surface area contributed by atoms with Crippen LogP contribution in [0, 0.1) is 5.82 Å². The Balaban J connectivity index is 1.82. The first-order chi connectivity index (χ1) is 14.8. The number of benzene rings is 1. The summed E-state index contributed by atoms with van der Waals surface area (Å²) in [6.07, 6.45) is 2.08. The second-order valence-corrected chi connectivity index (χ2v) is 8.68. The van der Waals surface area contributed by atoms with Crippen molar-refractivity contribution in [3.63, 3.8) is 0 Å². The van der Waals surface area contributed by atoms with Gasteiger partial charge in [-0.15, -0.1) is 0 Å². The van der Waals surface area contributed by atoms with E-state index in [-0.39, 0.29) is 17.7 Å². The Morgan fingerprint density at radius 1 is 1.35 bits per heavy atom. The predicted octanol–water partition coefficient (Wildman–Crippen LogP) is 4.51. The lowest BCUT2D eigenvalue weighted by atomic mass is 9.88. The fraction of sp³-hybridized carbons (Fsp3) is 0.348. The smallest absolute Gasteiger partial charge is 0.335 e. The molecule has 0 saturated carbocycles. The lowest BCUT2D eigenvalue weighted by Crippen LogP contribution is -2.34. The average molecular weight is 422 g/mol. The third kappa shape index (κ3) is 3.01. The maximum Gasteiger partial charge on any atom is 0.335 e. The van der Waals surface area contributed by atoms with Crippen molar-refractivity contribution in [2.24, 2.45) is 0 Å². The van der Waals surface area contributed by atoms with Crippen LogP contribution in [-0.2, 0) is 9.53 Å². The van der Waals surface area contributed by atoms with Crippen molar-refractivity contribution in [3.8, 4) is 5.69 Å². The van der Waals surface area contributed by atoms with Gasteiger partial charge in [-0.05, 0) is 49.6 Å². The number of fused-ring (bicyclic) bond motifs is 2. The van der Waals surface area contributed by atoms with Crippen LogP contribution in [0.25, 0.3) is 27.8 Å². The van der Waals surface area contributed by atoms with Gasteiger partial charge in [0.15, 0.2) is 11.2 Å². The highest BCUT2D eigenvalue weighted by Crippen LogP contribution is 2.44. The van der Waals surface area contributed by atoms with E-state index < -0.39 is 11.6 Å². The molecule has 7 nitrogen and oxygen atoms in total. The minimum Gasteiger partial charge on any atom is -0.479 e. The van der Waals surface area contributed by atoms with Gasteiger partial charge in [-0.25, -0.2) is 14.2 Å². The third-order valence-electron chi connectivity index (χ3n) is 6.15. The summed E-state index contributed by atoms with van der Waals surface area (Å²) in [5, 5.41) is 17.5. The van der Waals surface area contributed by atoms with Crippen molar-refractivity contribution in [1.82, 2.24) is 19.7 Å². The number of hydrogen-bond acceptors (Lipinski definition) is 4. The number of aromatic nitrogens is 4. The van der Waals surface area contributed by atoms with Crippen LogP contribution in [0.1, 0.15) is 50.3 Å². The first-order valence-electron chi connectivity index (χ1n) is 10.3. The van der Waals surface area contributed by atoms with Gasteiger partial charge in [0.1, 0.15) is 5.82 Å². The number of carboxylic acids is 1. The number of nitrogens with zero attached hydrogens (tertiary/aromatic N) is 3. The summed E-state index contributed by atoms with van der Waals surface area (Å²) >= 11 is 0. The number of rotatable bonds is 4. The Morgan fingerprint density at radius 3 is 2.74 bits per heavy atom. The molecule has 2 atom stereocenters. The molecule has 1 aliphatic heterocycles. The second kappa shape index (κ2) is 6.88. The van der Waals surface area contributed by atoms with E-state index in [0.29, 0.717) is 18.7 Å². The summed E-state index contributed by atoms with van der Waals surface area (Å²) in [6, 6.07) is 8.39. The van der Waals surface area contributed by atoms with Gasteiger partial charge in [0.25, 0.3) is 0 Å². The Kier molecular flexibility index (Phi) is 4.37. The second-order valence-electron chi connectivity index (χ2n) is 8.68. The predicted molar refractivity (Wildman–Crippen MR) is 114 cm³/mol. The molecule has 5 rings (SSSR count). The highest BCUT2D eigenvalue weighted by atomic mass is 19.1. The molecule has 160 valence electrons. The van der Waals surface area contributed by atoms with Gasteiger partial charge >= 0.3 is 5.97 Å². The summed E-state index contributed by atoms with van der Waals surface area (Å²) in [4.78, 5) is 16.7. The van der Waals surface area contributed by atoms with Crippen molar-refractivity contribution in [3.05, 3.63) is 53.6 Å². The molecular weight excluding hydrogens is 399 g/mol. The van der Waals surface area contributed by atoms with E-state index in [1.807, 2.05) is 6.07 Å². The van der Waals surface area contributed by atoms with Crippen LogP contribution in [0.5, 0.6) is 0 Å². The van der Waals surface area contributed by atoms with Gasteiger partial charge in [0.2, 0.25) is 0 Å². The molecule has 0 aliphatic carbocycles. The monoisotopic (exact) mass is 422 g/mol. The van der Waals surface area contributed by atoms with Gasteiger partial charge in [-0.1, -0.05) is 13.8 Å². The summed E-state index contributed by atoms with van der Waals surface area (Å²) < 4.78 is 21.5. The lowest BCUT2D eigenvalue weighted by molar-refractivity contribution is -0.157. The first kappa shape index (κ1) is 19.7. The van der Waals surface area contributed by atoms with Crippen LogP contribution in [-0.4, -0.2) is 43.0 Å². The Bertz CT molecular complexity index is 1310. The van der Waals surface area contributed by atoms with Crippen molar-refractivity contribution in [2.75, 3.05) is 6.61 Å². The lowest BCUT2D eigenvalue weighted by Gasteiger charge is -2.19. The van der Waals surface area contributed by atoms with Crippen LogP contribution >= 0.6 is 0 Å². The van der Waals surface area contributed by atoms with Crippen LogP contribution in [0.4, 0.5) is 4.39 Å². The SMILES string of the molecule is CC(C)c1c([C@H]2CO[C@](C)(C(=O)O)C2)c2nc3[nH]ncc3cc2n1-c1ccc(F)cc1. The van der Waals surface area contributed by atoms with E-state index in [2.05, 4.69) is 28.6 Å². The highest BCUT2D eigenvalue weighted by Gasteiger charge is 2.45. The van der Waals surface area contributed by atoms with Gasteiger partial charge in [-0.2, -0.15) is 5.10 Å². The molecule has 1 aromatic carbocycles. The minimum absolute atomic E-state index is 0.113. The largest absolute Gasteiger partial charge is 0.479 e. The number of hydrogen-bond donors (Lipinski definition) is 2. The molecule has 4 aromatic rings. The maximum atomic E-state index is 13.6. The quantitative estimate of drug-likeness (QED) is 0.505.